The van der Waals surface area contributed by atoms with E-state index in [1.165, 1.54) is 36.2 Å². The number of benzene rings is 1. The van der Waals surface area contributed by atoms with Gasteiger partial charge in [0.1, 0.15) is 5.75 Å². The van der Waals surface area contributed by atoms with Crippen LogP contribution in [0.25, 0.3) is 0 Å². The minimum absolute atomic E-state index is 0.357. The zero-order valence-electron chi connectivity index (χ0n) is 17.1. The standard InChI is InChI=1S/C24H31N3O2/c1-2-9-25-23(5-1)22-18-27-11-3-6-24(27)21-17-19(7-8-20(21)22)29-14-4-10-26-12-15-28-16-13-26/h1-2,5,7-9,17,22,24H,3-4,6,10-16,18H2/t22-,24+/m1/s1. The van der Waals surface area contributed by atoms with E-state index in [0.717, 1.165) is 58.2 Å². The molecule has 2 saturated heterocycles. The normalized spacial score (nSPS) is 24.8. The number of aromatic nitrogens is 1. The molecule has 5 nitrogen and oxygen atoms in total. The summed E-state index contributed by atoms with van der Waals surface area (Å²) in [5.41, 5.74) is 4.07. The third-order valence-corrected chi connectivity index (χ3v) is 6.61. The molecular formula is C24H31N3O2. The maximum Gasteiger partial charge on any atom is 0.119 e. The topological polar surface area (TPSA) is 37.8 Å². The first kappa shape index (κ1) is 19.0. The zero-order valence-corrected chi connectivity index (χ0v) is 17.1. The first-order valence-corrected chi connectivity index (χ1v) is 11.1. The monoisotopic (exact) mass is 393 g/mol. The molecule has 3 aliphatic heterocycles. The fraction of sp³-hybridized carbons (Fsp3) is 0.542. The summed E-state index contributed by atoms with van der Waals surface area (Å²) in [6, 6.07) is 13.6. The van der Waals surface area contributed by atoms with Crippen LogP contribution in [0.5, 0.6) is 5.75 Å². The summed E-state index contributed by atoms with van der Waals surface area (Å²) in [6.07, 6.45) is 5.51. The fourth-order valence-corrected chi connectivity index (χ4v) is 5.12. The minimum atomic E-state index is 0.357. The highest BCUT2D eigenvalue weighted by molar-refractivity contribution is 5.45. The molecule has 2 aromatic rings. The molecule has 3 aliphatic rings. The number of nitrogens with zero attached hydrogens (tertiary/aromatic N) is 3. The second-order valence-corrected chi connectivity index (χ2v) is 8.41. The van der Waals surface area contributed by atoms with Gasteiger partial charge < -0.3 is 9.47 Å². The number of pyridine rings is 1. The van der Waals surface area contributed by atoms with Crippen LogP contribution in [0.1, 0.15) is 48.0 Å². The van der Waals surface area contributed by atoms with E-state index < -0.39 is 0 Å². The third-order valence-electron chi connectivity index (χ3n) is 6.61. The van der Waals surface area contributed by atoms with Crippen molar-refractivity contribution < 1.29 is 9.47 Å². The summed E-state index contributed by atoms with van der Waals surface area (Å²) >= 11 is 0. The van der Waals surface area contributed by atoms with E-state index in [2.05, 4.69) is 45.1 Å². The van der Waals surface area contributed by atoms with E-state index in [1.54, 1.807) is 0 Å². The van der Waals surface area contributed by atoms with Crippen LogP contribution in [0.3, 0.4) is 0 Å². The highest BCUT2D eigenvalue weighted by Gasteiger charge is 2.37. The number of morpholine rings is 1. The predicted octanol–water partition coefficient (Wildman–Crippen LogP) is 3.47. The van der Waals surface area contributed by atoms with Gasteiger partial charge in [0, 0.05) is 50.0 Å². The average Bonchev–Trinajstić information content (AvgIpc) is 3.26. The zero-order chi connectivity index (χ0) is 19.5. The van der Waals surface area contributed by atoms with Crippen LogP contribution in [-0.2, 0) is 4.74 Å². The van der Waals surface area contributed by atoms with Gasteiger partial charge in [-0.2, -0.15) is 0 Å². The van der Waals surface area contributed by atoms with Crippen molar-refractivity contribution in [1.29, 1.82) is 0 Å². The molecule has 0 aliphatic carbocycles. The summed E-state index contributed by atoms with van der Waals surface area (Å²) in [6.45, 7) is 7.95. The molecule has 0 saturated carbocycles. The lowest BCUT2D eigenvalue weighted by Gasteiger charge is -2.37. The van der Waals surface area contributed by atoms with Gasteiger partial charge >= 0.3 is 0 Å². The molecule has 2 atom stereocenters. The van der Waals surface area contributed by atoms with Crippen molar-refractivity contribution in [3.05, 3.63) is 59.4 Å². The number of ether oxygens (including phenoxy) is 2. The highest BCUT2D eigenvalue weighted by Crippen LogP contribution is 2.44. The molecular weight excluding hydrogens is 362 g/mol. The van der Waals surface area contributed by atoms with Crippen molar-refractivity contribution >= 4 is 0 Å². The molecule has 1 aromatic heterocycles. The molecule has 0 spiro atoms. The van der Waals surface area contributed by atoms with Gasteiger partial charge in [-0.3, -0.25) is 14.8 Å². The summed E-state index contributed by atoms with van der Waals surface area (Å²) < 4.78 is 11.6. The van der Waals surface area contributed by atoms with E-state index in [-0.39, 0.29) is 0 Å². The quantitative estimate of drug-likeness (QED) is 0.703. The van der Waals surface area contributed by atoms with Crippen LogP contribution < -0.4 is 4.74 Å². The van der Waals surface area contributed by atoms with Crippen molar-refractivity contribution in [2.75, 3.05) is 52.5 Å². The van der Waals surface area contributed by atoms with Gasteiger partial charge in [0.15, 0.2) is 0 Å². The Morgan fingerprint density at radius 1 is 1.07 bits per heavy atom. The number of hydrogen-bond acceptors (Lipinski definition) is 5. The Bertz CT molecular complexity index is 807. The molecule has 0 radical (unpaired) electrons. The lowest BCUT2D eigenvalue weighted by Crippen LogP contribution is -2.37. The Labute approximate surface area is 173 Å². The van der Waals surface area contributed by atoms with Crippen LogP contribution in [-0.4, -0.2) is 67.3 Å². The Kier molecular flexibility index (Phi) is 5.79. The molecule has 0 unspecified atom stereocenters. The maximum absolute atomic E-state index is 6.16. The Balaban J connectivity index is 1.29. The van der Waals surface area contributed by atoms with Crippen molar-refractivity contribution in [2.45, 2.75) is 31.2 Å². The molecule has 0 N–H and O–H groups in total. The van der Waals surface area contributed by atoms with E-state index >= 15 is 0 Å². The third kappa shape index (κ3) is 4.18. The average molecular weight is 394 g/mol. The first-order chi connectivity index (χ1) is 14.4. The second-order valence-electron chi connectivity index (χ2n) is 8.41. The molecule has 5 rings (SSSR count). The Hall–Kier alpha value is -1.95. The molecule has 2 fully saturated rings. The number of rotatable bonds is 6. The number of hydrogen-bond donors (Lipinski definition) is 0. The molecule has 0 amide bonds. The van der Waals surface area contributed by atoms with Gasteiger partial charge in [0.25, 0.3) is 0 Å². The summed E-state index contributed by atoms with van der Waals surface area (Å²) in [4.78, 5) is 9.78. The number of fused-ring (bicyclic) bond motifs is 3. The molecule has 0 bridgehead atoms. The summed E-state index contributed by atoms with van der Waals surface area (Å²) in [5, 5.41) is 0. The van der Waals surface area contributed by atoms with Gasteiger partial charge in [-0.1, -0.05) is 12.1 Å². The molecule has 5 heteroatoms. The van der Waals surface area contributed by atoms with E-state index in [1.807, 2.05) is 12.3 Å². The van der Waals surface area contributed by atoms with Crippen LogP contribution in [0, 0.1) is 0 Å². The highest BCUT2D eigenvalue weighted by atomic mass is 16.5. The van der Waals surface area contributed by atoms with E-state index in [0.29, 0.717) is 12.0 Å². The minimum Gasteiger partial charge on any atom is -0.494 e. The molecule has 1 aromatic carbocycles. The Morgan fingerprint density at radius 2 is 2.00 bits per heavy atom. The molecule has 29 heavy (non-hydrogen) atoms. The predicted molar refractivity (Wildman–Crippen MR) is 113 cm³/mol. The maximum atomic E-state index is 6.16. The van der Waals surface area contributed by atoms with Gasteiger partial charge in [0.2, 0.25) is 0 Å². The van der Waals surface area contributed by atoms with Crippen molar-refractivity contribution in [3.8, 4) is 5.75 Å². The molecule has 4 heterocycles. The van der Waals surface area contributed by atoms with E-state index in [4.69, 9.17) is 9.47 Å². The van der Waals surface area contributed by atoms with Gasteiger partial charge in [0.05, 0.1) is 19.8 Å². The smallest absolute Gasteiger partial charge is 0.119 e. The summed E-state index contributed by atoms with van der Waals surface area (Å²) in [5.74, 6) is 1.37. The van der Waals surface area contributed by atoms with Crippen molar-refractivity contribution in [1.82, 2.24) is 14.8 Å². The fourth-order valence-electron chi connectivity index (χ4n) is 5.12. The van der Waals surface area contributed by atoms with Crippen LogP contribution in [0.15, 0.2) is 42.6 Å². The SMILES string of the molecule is c1ccc([C@@H]2CN3CCC[C@H]3c3cc(OCCCN4CCOCC4)ccc32)nc1. The van der Waals surface area contributed by atoms with Gasteiger partial charge in [-0.25, -0.2) is 0 Å². The lowest BCUT2D eigenvalue weighted by atomic mass is 9.83. The largest absolute Gasteiger partial charge is 0.494 e. The van der Waals surface area contributed by atoms with E-state index in [9.17, 15) is 0 Å². The first-order valence-electron chi connectivity index (χ1n) is 11.1. The second kappa shape index (κ2) is 8.82. The van der Waals surface area contributed by atoms with Gasteiger partial charge in [-0.05, 0) is 61.2 Å². The lowest BCUT2D eigenvalue weighted by molar-refractivity contribution is 0.0358. The molecule has 154 valence electrons. The van der Waals surface area contributed by atoms with Crippen molar-refractivity contribution in [3.63, 3.8) is 0 Å². The van der Waals surface area contributed by atoms with Crippen LogP contribution >= 0.6 is 0 Å². The summed E-state index contributed by atoms with van der Waals surface area (Å²) in [7, 11) is 0. The van der Waals surface area contributed by atoms with Crippen LogP contribution in [0.2, 0.25) is 0 Å². The van der Waals surface area contributed by atoms with Crippen molar-refractivity contribution in [2.24, 2.45) is 0 Å². The van der Waals surface area contributed by atoms with Gasteiger partial charge in [-0.15, -0.1) is 0 Å². The Morgan fingerprint density at radius 3 is 2.86 bits per heavy atom. The van der Waals surface area contributed by atoms with Crippen LogP contribution in [0.4, 0.5) is 0 Å².